The molecule has 0 unspecified atom stereocenters. The summed E-state index contributed by atoms with van der Waals surface area (Å²) in [7, 11) is 6.08. The largest absolute Gasteiger partial charge is 0.374 e. The van der Waals surface area contributed by atoms with Crippen molar-refractivity contribution < 1.29 is 4.39 Å². The molecule has 0 aliphatic carbocycles. The average Bonchev–Trinajstić information content (AvgIpc) is 2.28. The van der Waals surface area contributed by atoms with E-state index in [0.29, 0.717) is 5.56 Å². The second-order valence-electron chi connectivity index (χ2n) is 4.56. The molecule has 3 nitrogen and oxygen atoms in total. The van der Waals surface area contributed by atoms with Crippen LogP contribution in [0.1, 0.15) is 12.0 Å². The maximum Gasteiger partial charge on any atom is 0.129 e. The Morgan fingerprint density at radius 1 is 1.18 bits per heavy atom. The highest BCUT2D eigenvalue weighted by Gasteiger charge is 2.05. The summed E-state index contributed by atoms with van der Waals surface area (Å²) in [6.45, 7) is 2.20. The van der Waals surface area contributed by atoms with E-state index in [4.69, 9.17) is 5.73 Å². The summed E-state index contributed by atoms with van der Waals surface area (Å²) in [4.78, 5) is 4.21. The van der Waals surface area contributed by atoms with Crippen molar-refractivity contribution in [2.24, 2.45) is 5.73 Å². The zero-order valence-corrected chi connectivity index (χ0v) is 10.9. The van der Waals surface area contributed by atoms with Crippen molar-refractivity contribution in [3.8, 4) is 0 Å². The Bertz CT molecular complexity index is 353. The SMILES string of the molecule is CN(C)CCCN(C)c1ccc(CN)c(F)c1. The van der Waals surface area contributed by atoms with Crippen molar-refractivity contribution in [2.45, 2.75) is 13.0 Å². The zero-order chi connectivity index (χ0) is 12.8. The topological polar surface area (TPSA) is 32.5 Å². The Kier molecular flexibility index (Phi) is 5.38. The predicted molar refractivity (Wildman–Crippen MR) is 70.7 cm³/mol. The van der Waals surface area contributed by atoms with Gasteiger partial charge in [0, 0.05) is 31.4 Å². The van der Waals surface area contributed by atoms with Gasteiger partial charge in [-0.2, -0.15) is 0 Å². The lowest BCUT2D eigenvalue weighted by atomic mass is 10.2. The Hall–Kier alpha value is -1.13. The molecule has 0 saturated carbocycles. The Labute approximate surface area is 103 Å². The molecular formula is C13H22FN3. The third kappa shape index (κ3) is 4.32. The molecule has 1 rings (SSSR count). The fraction of sp³-hybridized carbons (Fsp3) is 0.538. The second-order valence-corrected chi connectivity index (χ2v) is 4.56. The number of benzene rings is 1. The number of nitrogens with zero attached hydrogens (tertiary/aromatic N) is 2. The number of hydrogen-bond acceptors (Lipinski definition) is 3. The van der Waals surface area contributed by atoms with Crippen molar-refractivity contribution >= 4 is 5.69 Å². The van der Waals surface area contributed by atoms with Gasteiger partial charge in [-0.05, 0) is 39.2 Å². The van der Waals surface area contributed by atoms with Crippen LogP contribution in [0.15, 0.2) is 18.2 Å². The van der Waals surface area contributed by atoms with Gasteiger partial charge < -0.3 is 15.5 Å². The minimum atomic E-state index is -0.218. The average molecular weight is 239 g/mol. The second kappa shape index (κ2) is 6.57. The van der Waals surface area contributed by atoms with Crippen LogP contribution >= 0.6 is 0 Å². The molecule has 0 saturated heterocycles. The van der Waals surface area contributed by atoms with Gasteiger partial charge in [0.25, 0.3) is 0 Å². The van der Waals surface area contributed by atoms with Crippen LogP contribution in [0.4, 0.5) is 10.1 Å². The van der Waals surface area contributed by atoms with Gasteiger partial charge in [0.2, 0.25) is 0 Å². The summed E-state index contributed by atoms with van der Waals surface area (Å²) < 4.78 is 13.5. The Morgan fingerprint density at radius 2 is 1.88 bits per heavy atom. The van der Waals surface area contributed by atoms with Gasteiger partial charge in [0.15, 0.2) is 0 Å². The highest BCUT2D eigenvalue weighted by Crippen LogP contribution is 2.17. The van der Waals surface area contributed by atoms with Crippen molar-refractivity contribution in [3.05, 3.63) is 29.6 Å². The van der Waals surface area contributed by atoms with Crippen LogP contribution in [-0.2, 0) is 6.54 Å². The number of hydrogen-bond donors (Lipinski definition) is 1. The summed E-state index contributed by atoms with van der Waals surface area (Å²) in [6, 6.07) is 5.23. The molecule has 0 aliphatic heterocycles. The number of anilines is 1. The fourth-order valence-corrected chi connectivity index (χ4v) is 1.69. The van der Waals surface area contributed by atoms with E-state index in [1.165, 1.54) is 0 Å². The molecule has 4 heteroatoms. The Morgan fingerprint density at radius 3 is 2.41 bits per heavy atom. The quantitative estimate of drug-likeness (QED) is 0.819. The van der Waals surface area contributed by atoms with E-state index in [-0.39, 0.29) is 12.4 Å². The molecule has 0 bridgehead atoms. The third-order valence-corrected chi connectivity index (χ3v) is 2.80. The van der Waals surface area contributed by atoms with Crippen LogP contribution < -0.4 is 10.6 Å². The van der Waals surface area contributed by atoms with Crippen LogP contribution in [0, 0.1) is 5.82 Å². The van der Waals surface area contributed by atoms with Gasteiger partial charge in [-0.25, -0.2) is 4.39 Å². The summed E-state index contributed by atoms with van der Waals surface area (Å²) >= 11 is 0. The van der Waals surface area contributed by atoms with Crippen molar-refractivity contribution in [1.82, 2.24) is 4.90 Å². The molecule has 1 aromatic rings. The number of rotatable bonds is 6. The van der Waals surface area contributed by atoms with Crippen LogP contribution in [0.2, 0.25) is 0 Å². The van der Waals surface area contributed by atoms with E-state index in [1.54, 1.807) is 12.1 Å². The highest BCUT2D eigenvalue weighted by molar-refractivity contribution is 5.47. The summed E-state index contributed by atoms with van der Waals surface area (Å²) in [5.74, 6) is -0.218. The van der Waals surface area contributed by atoms with E-state index in [0.717, 1.165) is 25.2 Å². The van der Waals surface area contributed by atoms with Crippen LogP contribution in [0.3, 0.4) is 0 Å². The van der Waals surface area contributed by atoms with Gasteiger partial charge >= 0.3 is 0 Å². The maximum absolute atomic E-state index is 13.5. The van der Waals surface area contributed by atoms with Crippen LogP contribution in [0.5, 0.6) is 0 Å². The van der Waals surface area contributed by atoms with Gasteiger partial charge in [-0.3, -0.25) is 0 Å². The molecule has 96 valence electrons. The molecule has 0 atom stereocenters. The van der Waals surface area contributed by atoms with E-state index in [1.807, 2.05) is 13.1 Å². The minimum Gasteiger partial charge on any atom is -0.374 e. The zero-order valence-electron chi connectivity index (χ0n) is 10.9. The first kappa shape index (κ1) is 13.9. The molecule has 0 radical (unpaired) electrons. The molecular weight excluding hydrogens is 217 g/mol. The molecule has 0 fully saturated rings. The summed E-state index contributed by atoms with van der Waals surface area (Å²) in [5, 5.41) is 0. The van der Waals surface area contributed by atoms with E-state index in [2.05, 4.69) is 23.9 Å². The van der Waals surface area contributed by atoms with Gasteiger partial charge in [0.1, 0.15) is 5.82 Å². The molecule has 2 N–H and O–H groups in total. The lowest BCUT2D eigenvalue weighted by Gasteiger charge is -2.21. The first-order valence-corrected chi connectivity index (χ1v) is 5.89. The van der Waals surface area contributed by atoms with E-state index in [9.17, 15) is 4.39 Å². The summed E-state index contributed by atoms with van der Waals surface area (Å²) in [6.07, 6.45) is 1.06. The lowest BCUT2D eigenvalue weighted by Crippen LogP contribution is -2.23. The van der Waals surface area contributed by atoms with Crippen LogP contribution in [0.25, 0.3) is 0 Å². The lowest BCUT2D eigenvalue weighted by molar-refractivity contribution is 0.401. The number of nitrogens with two attached hydrogens (primary N) is 1. The van der Waals surface area contributed by atoms with Crippen molar-refractivity contribution in [1.29, 1.82) is 0 Å². The first-order chi connectivity index (χ1) is 8.04. The van der Waals surface area contributed by atoms with Gasteiger partial charge in [-0.1, -0.05) is 6.07 Å². The Balaban J connectivity index is 2.57. The monoisotopic (exact) mass is 239 g/mol. The van der Waals surface area contributed by atoms with Crippen molar-refractivity contribution in [2.75, 3.05) is 39.1 Å². The molecule has 0 aliphatic rings. The van der Waals surface area contributed by atoms with E-state index < -0.39 is 0 Å². The van der Waals surface area contributed by atoms with Gasteiger partial charge in [0.05, 0.1) is 0 Å². The first-order valence-electron chi connectivity index (χ1n) is 5.89. The number of halogens is 1. The smallest absolute Gasteiger partial charge is 0.129 e. The molecule has 17 heavy (non-hydrogen) atoms. The van der Waals surface area contributed by atoms with Gasteiger partial charge in [-0.15, -0.1) is 0 Å². The van der Waals surface area contributed by atoms with Crippen LogP contribution in [-0.4, -0.2) is 39.1 Å². The molecule has 0 spiro atoms. The predicted octanol–water partition coefficient (Wildman–Crippen LogP) is 1.67. The molecule has 0 heterocycles. The third-order valence-electron chi connectivity index (χ3n) is 2.80. The molecule has 0 amide bonds. The maximum atomic E-state index is 13.5. The fourth-order valence-electron chi connectivity index (χ4n) is 1.69. The minimum absolute atomic E-state index is 0.218. The van der Waals surface area contributed by atoms with Crippen molar-refractivity contribution in [3.63, 3.8) is 0 Å². The molecule has 0 aromatic heterocycles. The normalized spacial score (nSPS) is 10.9. The standard InChI is InChI=1S/C13H22FN3/c1-16(2)7-4-8-17(3)12-6-5-11(10-15)13(14)9-12/h5-6,9H,4,7-8,10,15H2,1-3H3. The van der Waals surface area contributed by atoms with E-state index >= 15 is 0 Å². The highest BCUT2D eigenvalue weighted by atomic mass is 19.1. The molecule has 1 aromatic carbocycles. The summed E-state index contributed by atoms with van der Waals surface area (Å²) in [5.41, 5.74) is 6.90.